The maximum absolute atomic E-state index is 2.39. The van der Waals surface area contributed by atoms with E-state index in [1.54, 1.807) is 11.1 Å². The van der Waals surface area contributed by atoms with Gasteiger partial charge in [0.2, 0.25) is 0 Å². The largest absolute Gasteiger partial charge is 0.0616 e. The van der Waals surface area contributed by atoms with Crippen LogP contribution in [0.2, 0.25) is 0 Å². The van der Waals surface area contributed by atoms with Gasteiger partial charge in [0.1, 0.15) is 0 Å². The molecule has 0 saturated heterocycles. The zero-order chi connectivity index (χ0) is 12.1. The highest BCUT2D eigenvalue weighted by Crippen LogP contribution is 2.48. The molecule has 0 aliphatic heterocycles. The smallest absolute Gasteiger partial charge is 0.00747 e. The molecule has 0 aromatic heterocycles. The molecule has 16 heavy (non-hydrogen) atoms. The first-order valence-electron chi connectivity index (χ1n) is 6.37. The molecule has 0 fully saturated rings. The molecule has 88 valence electrons. The molecule has 1 unspecified atom stereocenters. The van der Waals surface area contributed by atoms with Gasteiger partial charge in [-0.25, -0.2) is 0 Å². The van der Waals surface area contributed by atoms with Crippen LogP contribution >= 0.6 is 0 Å². The van der Waals surface area contributed by atoms with Gasteiger partial charge in [-0.15, -0.1) is 0 Å². The summed E-state index contributed by atoms with van der Waals surface area (Å²) in [7, 11) is 0. The van der Waals surface area contributed by atoms with Crippen molar-refractivity contribution >= 4 is 0 Å². The Morgan fingerprint density at radius 2 is 1.69 bits per heavy atom. The van der Waals surface area contributed by atoms with Gasteiger partial charge in [0.25, 0.3) is 0 Å². The summed E-state index contributed by atoms with van der Waals surface area (Å²) in [5.41, 5.74) is 5.16. The summed E-state index contributed by atoms with van der Waals surface area (Å²) in [6.45, 7) is 14.1. The fourth-order valence-corrected chi connectivity index (χ4v) is 3.18. The molecule has 0 spiro atoms. The van der Waals surface area contributed by atoms with Crippen molar-refractivity contribution < 1.29 is 0 Å². The van der Waals surface area contributed by atoms with Crippen LogP contribution in [0, 0.1) is 12.8 Å². The summed E-state index contributed by atoms with van der Waals surface area (Å²) >= 11 is 0. The van der Waals surface area contributed by atoms with Crippen LogP contribution in [0.3, 0.4) is 0 Å². The van der Waals surface area contributed by atoms with Crippen LogP contribution in [0.25, 0.3) is 0 Å². The summed E-state index contributed by atoms with van der Waals surface area (Å²) in [5.74, 6) is 0.748. The maximum Gasteiger partial charge on any atom is -0.00747 e. The fourth-order valence-electron chi connectivity index (χ4n) is 3.18. The quantitative estimate of drug-likeness (QED) is 0.595. The zero-order valence-electron chi connectivity index (χ0n) is 11.5. The lowest BCUT2D eigenvalue weighted by molar-refractivity contribution is 0.233. The lowest BCUT2D eigenvalue weighted by Gasteiger charge is -2.46. The van der Waals surface area contributed by atoms with Crippen molar-refractivity contribution in [1.29, 1.82) is 0 Å². The molecule has 0 N–H and O–H groups in total. The Kier molecular flexibility index (Phi) is 2.45. The van der Waals surface area contributed by atoms with Crippen LogP contribution in [0.1, 0.15) is 57.7 Å². The fraction of sp³-hybridized carbons (Fsp3) is 0.625. The third kappa shape index (κ3) is 1.59. The lowest BCUT2D eigenvalue weighted by Crippen LogP contribution is -2.40. The standard InChI is InChI=1S/C16H24/c1-11-7-8-13-14(9-11)15(3,4)10-12(2)16(13,5)6/h7-9,12H,10H2,1-6H3. The van der Waals surface area contributed by atoms with Crippen LogP contribution in [0.5, 0.6) is 0 Å². The van der Waals surface area contributed by atoms with E-state index in [0.717, 1.165) is 5.92 Å². The highest BCUT2D eigenvalue weighted by Gasteiger charge is 2.41. The van der Waals surface area contributed by atoms with E-state index < -0.39 is 0 Å². The van der Waals surface area contributed by atoms with Gasteiger partial charge in [0.15, 0.2) is 0 Å². The topological polar surface area (TPSA) is 0 Å². The zero-order valence-corrected chi connectivity index (χ0v) is 11.5. The Labute approximate surface area is 100 Å². The SMILES string of the molecule is Cc1ccc2c(c1)C(C)(C)CC(C)C2(C)C. The minimum atomic E-state index is 0.318. The van der Waals surface area contributed by atoms with Gasteiger partial charge in [-0.2, -0.15) is 0 Å². The Morgan fingerprint density at radius 1 is 1.06 bits per heavy atom. The number of benzene rings is 1. The predicted molar refractivity (Wildman–Crippen MR) is 71.0 cm³/mol. The average molecular weight is 216 g/mol. The van der Waals surface area contributed by atoms with Crippen molar-refractivity contribution in [2.45, 2.75) is 58.8 Å². The van der Waals surface area contributed by atoms with Gasteiger partial charge in [-0.1, -0.05) is 58.4 Å². The molecule has 1 aliphatic rings. The van der Waals surface area contributed by atoms with Crippen molar-refractivity contribution in [2.75, 3.05) is 0 Å². The first kappa shape index (κ1) is 11.7. The molecule has 1 aromatic carbocycles. The molecule has 0 saturated carbocycles. The van der Waals surface area contributed by atoms with E-state index in [1.807, 2.05) is 0 Å². The molecule has 2 rings (SSSR count). The second-order valence-corrected chi connectivity index (χ2v) is 6.76. The van der Waals surface area contributed by atoms with Crippen LogP contribution < -0.4 is 0 Å². The number of aryl methyl sites for hydroxylation is 1. The van der Waals surface area contributed by atoms with Crippen LogP contribution in [0.15, 0.2) is 18.2 Å². The highest BCUT2D eigenvalue weighted by molar-refractivity contribution is 5.43. The van der Waals surface area contributed by atoms with Gasteiger partial charge in [0.05, 0.1) is 0 Å². The van der Waals surface area contributed by atoms with E-state index in [-0.39, 0.29) is 0 Å². The van der Waals surface area contributed by atoms with Crippen molar-refractivity contribution in [3.8, 4) is 0 Å². The number of hydrogen-bond donors (Lipinski definition) is 0. The molecule has 1 aliphatic carbocycles. The minimum Gasteiger partial charge on any atom is -0.0616 e. The molecule has 0 bridgehead atoms. The van der Waals surface area contributed by atoms with Gasteiger partial charge in [-0.05, 0) is 41.2 Å². The van der Waals surface area contributed by atoms with Gasteiger partial charge >= 0.3 is 0 Å². The van der Waals surface area contributed by atoms with E-state index in [1.165, 1.54) is 12.0 Å². The number of fused-ring (bicyclic) bond motifs is 1. The van der Waals surface area contributed by atoms with E-state index in [0.29, 0.717) is 10.8 Å². The molecule has 1 atom stereocenters. The van der Waals surface area contributed by atoms with Crippen molar-refractivity contribution in [3.63, 3.8) is 0 Å². The molecular formula is C16H24. The predicted octanol–water partition coefficient (Wildman–Crippen LogP) is 4.59. The van der Waals surface area contributed by atoms with Gasteiger partial charge < -0.3 is 0 Å². The summed E-state index contributed by atoms with van der Waals surface area (Å²) < 4.78 is 0. The second kappa shape index (κ2) is 3.35. The van der Waals surface area contributed by atoms with Gasteiger partial charge in [-0.3, -0.25) is 0 Å². The minimum absolute atomic E-state index is 0.318. The molecular weight excluding hydrogens is 192 g/mol. The summed E-state index contributed by atoms with van der Waals surface area (Å²) in [4.78, 5) is 0. The highest BCUT2D eigenvalue weighted by atomic mass is 14.5. The van der Waals surface area contributed by atoms with E-state index in [9.17, 15) is 0 Å². The first-order chi connectivity index (χ1) is 7.25. The maximum atomic E-state index is 2.39. The summed E-state index contributed by atoms with van der Waals surface area (Å²) in [6, 6.07) is 7.00. The Morgan fingerprint density at radius 3 is 2.31 bits per heavy atom. The third-order valence-electron chi connectivity index (χ3n) is 4.65. The third-order valence-corrected chi connectivity index (χ3v) is 4.65. The van der Waals surface area contributed by atoms with Crippen LogP contribution in [-0.2, 0) is 10.8 Å². The Hall–Kier alpha value is -0.780. The Balaban J connectivity index is 2.67. The monoisotopic (exact) mass is 216 g/mol. The lowest BCUT2D eigenvalue weighted by atomic mass is 9.58. The van der Waals surface area contributed by atoms with E-state index >= 15 is 0 Å². The molecule has 0 radical (unpaired) electrons. The first-order valence-corrected chi connectivity index (χ1v) is 6.37. The van der Waals surface area contributed by atoms with Crippen molar-refractivity contribution in [3.05, 3.63) is 34.9 Å². The molecule has 0 nitrogen and oxygen atoms in total. The van der Waals surface area contributed by atoms with Crippen LogP contribution in [-0.4, -0.2) is 0 Å². The van der Waals surface area contributed by atoms with Crippen LogP contribution in [0.4, 0.5) is 0 Å². The normalized spacial score (nSPS) is 26.2. The molecule has 0 amide bonds. The molecule has 1 aromatic rings. The molecule has 0 heteroatoms. The number of hydrogen-bond acceptors (Lipinski definition) is 0. The van der Waals surface area contributed by atoms with Gasteiger partial charge in [0, 0.05) is 0 Å². The molecule has 0 heterocycles. The number of rotatable bonds is 0. The summed E-state index contributed by atoms with van der Waals surface area (Å²) in [6.07, 6.45) is 1.29. The van der Waals surface area contributed by atoms with E-state index in [4.69, 9.17) is 0 Å². The Bertz CT molecular complexity index is 410. The van der Waals surface area contributed by atoms with Crippen molar-refractivity contribution in [2.24, 2.45) is 5.92 Å². The van der Waals surface area contributed by atoms with Crippen molar-refractivity contribution in [1.82, 2.24) is 0 Å². The summed E-state index contributed by atoms with van der Waals surface area (Å²) in [5, 5.41) is 0. The second-order valence-electron chi connectivity index (χ2n) is 6.76. The van der Waals surface area contributed by atoms with E-state index in [2.05, 4.69) is 59.7 Å². The average Bonchev–Trinajstić information content (AvgIpc) is 2.14.